The quantitative estimate of drug-likeness (QED) is 0.900. The molecule has 1 aliphatic heterocycles. The molecule has 1 N–H and O–H groups in total. The fraction of sp³-hybridized carbons (Fsp3) is 0.647. The molecule has 0 spiro atoms. The van der Waals surface area contributed by atoms with E-state index in [9.17, 15) is 4.39 Å². The van der Waals surface area contributed by atoms with Gasteiger partial charge in [0.25, 0.3) is 0 Å². The smallest absolute Gasteiger partial charge is 0.146 e. The van der Waals surface area contributed by atoms with Gasteiger partial charge in [-0.25, -0.2) is 4.39 Å². The van der Waals surface area contributed by atoms with Gasteiger partial charge in [0.2, 0.25) is 0 Å². The maximum Gasteiger partial charge on any atom is 0.146 e. The van der Waals surface area contributed by atoms with E-state index in [0.29, 0.717) is 12.1 Å². The zero-order chi connectivity index (χ0) is 15.4. The molecule has 1 atom stereocenters. The van der Waals surface area contributed by atoms with Gasteiger partial charge in [-0.05, 0) is 31.2 Å². The van der Waals surface area contributed by atoms with Crippen molar-refractivity contribution < 1.29 is 4.39 Å². The summed E-state index contributed by atoms with van der Waals surface area (Å²) >= 11 is 0. The van der Waals surface area contributed by atoms with Crippen LogP contribution in [0.5, 0.6) is 0 Å². The molecule has 0 aromatic heterocycles. The Balaban J connectivity index is 2.06. The molecule has 1 unspecified atom stereocenters. The second kappa shape index (κ2) is 7.23. The van der Waals surface area contributed by atoms with E-state index in [1.807, 2.05) is 12.1 Å². The number of rotatable bonds is 5. The van der Waals surface area contributed by atoms with Gasteiger partial charge in [0, 0.05) is 38.3 Å². The van der Waals surface area contributed by atoms with Gasteiger partial charge in [0.05, 0.1) is 5.69 Å². The van der Waals surface area contributed by atoms with Crippen molar-refractivity contribution >= 4 is 5.69 Å². The van der Waals surface area contributed by atoms with E-state index in [4.69, 9.17) is 0 Å². The van der Waals surface area contributed by atoms with Gasteiger partial charge in [0.15, 0.2) is 0 Å². The number of anilines is 1. The zero-order valence-corrected chi connectivity index (χ0v) is 13.7. The molecular weight excluding hydrogens is 265 g/mol. The number of nitrogens with zero attached hydrogens (tertiary/aromatic N) is 2. The summed E-state index contributed by atoms with van der Waals surface area (Å²) in [7, 11) is 2.16. The van der Waals surface area contributed by atoms with Crippen LogP contribution < -0.4 is 10.2 Å². The third-order valence-electron chi connectivity index (χ3n) is 4.32. The van der Waals surface area contributed by atoms with Crippen molar-refractivity contribution in [2.45, 2.75) is 45.8 Å². The number of piperazine rings is 1. The van der Waals surface area contributed by atoms with Crippen LogP contribution >= 0.6 is 0 Å². The molecule has 3 nitrogen and oxygen atoms in total. The predicted molar refractivity (Wildman–Crippen MR) is 87.3 cm³/mol. The highest BCUT2D eigenvalue weighted by Crippen LogP contribution is 2.24. The largest absolute Gasteiger partial charge is 0.366 e. The van der Waals surface area contributed by atoms with Gasteiger partial charge in [-0.2, -0.15) is 0 Å². The molecule has 118 valence electrons. The minimum Gasteiger partial charge on any atom is -0.366 e. The van der Waals surface area contributed by atoms with Crippen LogP contribution in [0.1, 0.15) is 32.8 Å². The van der Waals surface area contributed by atoms with E-state index in [2.05, 4.69) is 42.9 Å². The van der Waals surface area contributed by atoms with Gasteiger partial charge in [0.1, 0.15) is 5.82 Å². The topological polar surface area (TPSA) is 18.5 Å². The highest BCUT2D eigenvalue weighted by molar-refractivity contribution is 5.50. The van der Waals surface area contributed by atoms with Crippen LogP contribution in [0.4, 0.5) is 10.1 Å². The van der Waals surface area contributed by atoms with Crippen molar-refractivity contribution in [3.63, 3.8) is 0 Å². The van der Waals surface area contributed by atoms with Crippen molar-refractivity contribution in [2.75, 3.05) is 31.6 Å². The van der Waals surface area contributed by atoms with E-state index in [1.165, 1.54) is 0 Å². The van der Waals surface area contributed by atoms with Crippen molar-refractivity contribution in [1.82, 2.24) is 10.2 Å². The van der Waals surface area contributed by atoms with Gasteiger partial charge in [-0.15, -0.1) is 0 Å². The van der Waals surface area contributed by atoms with Crippen LogP contribution in [0.2, 0.25) is 0 Å². The number of hydrogen-bond acceptors (Lipinski definition) is 3. The molecule has 1 saturated heterocycles. The molecule has 0 radical (unpaired) electrons. The second-order valence-corrected chi connectivity index (χ2v) is 6.31. The third-order valence-corrected chi connectivity index (χ3v) is 4.32. The van der Waals surface area contributed by atoms with Crippen molar-refractivity contribution in [2.24, 2.45) is 0 Å². The number of nitrogens with one attached hydrogen (secondary N) is 1. The summed E-state index contributed by atoms with van der Waals surface area (Å²) in [5, 5.41) is 3.32. The van der Waals surface area contributed by atoms with E-state index in [1.54, 1.807) is 6.07 Å². The molecule has 0 saturated carbocycles. The Bertz CT molecular complexity index is 461. The van der Waals surface area contributed by atoms with Gasteiger partial charge < -0.3 is 10.2 Å². The molecule has 2 rings (SSSR count). The lowest BCUT2D eigenvalue weighted by Gasteiger charge is -2.40. The minimum atomic E-state index is -0.0996. The summed E-state index contributed by atoms with van der Waals surface area (Å²) in [6, 6.07) is 6.57. The first-order valence-electron chi connectivity index (χ1n) is 7.98. The van der Waals surface area contributed by atoms with Gasteiger partial charge >= 0.3 is 0 Å². The predicted octanol–water partition coefficient (Wildman–Crippen LogP) is 2.85. The monoisotopic (exact) mass is 293 g/mol. The maximum absolute atomic E-state index is 14.4. The summed E-state index contributed by atoms with van der Waals surface area (Å²) in [6.07, 6.45) is 1.10. The number of hydrogen-bond donors (Lipinski definition) is 1. The Hall–Kier alpha value is -1.13. The van der Waals surface area contributed by atoms with Crippen LogP contribution in [0.25, 0.3) is 0 Å². The SMILES string of the molecule is CCC1CN(c2ccc(CNC(C)C)cc2F)CCN1C. The lowest BCUT2D eigenvalue weighted by molar-refractivity contribution is 0.213. The third kappa shape index (κ3) is 4.17. The Morgan fingerprint density at radius 1 is 1.33 bits per heavy atom. The standard InChI is InChI=1S/C17H28FN3/c1-5-15-12-21(9-8-20(15)4)17-7-6-14(10-16(17)18)11-19-13(2)3/h6-7,10,13,15,19H,5,8-9,11-12H2,1-4H3. The summed E-state index contributed by atoms with van der Waals surface area (Å²) < 4.78 is 14.4. The molecule has 1 aromatic rings. The first kappa shape index (κ1) is 16.2. The van der Waals surface area contributed by atoms with Crippen LogP contribution in [0.15, 0.2) is 18.2 Å². The molecule has 0 bridgehead atoms. The van der Waals surface area contributed by atoms with Crippen molar-refractivity contribution in [3.05, 3.63) is 29.6 Å². The van der Waals surface area contributed by atoms with E-state index >= 15 is 0 Å². The van der Waals surface area contributed by atoms with Crippen LogP contribution in [-0.2, 0) is 6.54 Å². The fourth-order valence-electron chi connectivity index (χ4n) is 2.84. The Labute approximate surface area is 128 Å². The van der Waals surface area contributed by atoms with E-state index in [0.717, 1.165) is 43.9 Å². The van der Waals surface area contributed by atoms with Gasteiger partial charge in [-0.3, -0.25) is 4.90 Å². The maximum atomic E-state index is 14.4. The minimum absolute atomic E-state index is 0.0996. The lowest BCUT2D eigenvalue weighted by atomic mass is 10.1. The molecular formula is C17H28FN3. The van der Waals surface area contributed by atoms with E-state index < -0.39 is 0 Å². The highest BCUT2D eigenvalue weighted by atomic mass is 19.1. The summed E-state index contributed by atoms with van der Waals surface area (Å²) in [5.41, 5.74) is 1.75. The first-order valence-corrected chi connectivity index (χ1v) is 7.98. The Morgan fingerprint density at radius 2 is 2.10 bits per heavy atom. The number of halogens is 1. The van der Waals surface area contributed by atoms with Gasteiger partial charge in [-0.1, -0.05) is 26.8 Å². The second-order valence-electron chi connectivity index (χ2n) is 6.31. The Morgan fingerprint density at radius 3 is 2.71 bits per heavy atom. The van der Waals surface area contributed by atoms with Crippen LogP contribution in [0, 0.1) is 5.82 Å². The molecule has 1 heterocycles. The average Bonchev–Trinajstić information content (AvgIpc) is 2.46. The van der Waals surface area contributed by atoms with Crippen molar-refractivity contribution in [3.8, 4) is 0 Å². The first-order chi connectivity index (χ1) is 10.0. The summed E-state index contributed by atoms with van der Waals surface area (Å²) in [6.45, 7) is 9.91. The molecule has 0 aliphatic carbocycles. The lowest BCUT2D eigenvalue weighted by Crippen LogP contribution is -2.51. The molecule has 21 heavy (non-hydrogen) atoms. The summed E-state index contributed by atoms with van der Waals surface area (Å²) in [4.78, 5) is 4.55. The normalized spacial score (nSPS) is 20.3. The zero-order valence-electron chi connectivity index (χ0n) is 13.7. The summed E-state index contributed by atoms with van der Waals surface area (Å²) in [5.74, 6) is -0.0996. The van der Waals surface area contributed by atoms with Crippen LogP contribution in [0.3, 0.4) is 0 Å². The van der Waals surface area contributed by atoms with Crippen LogP contribution in [-0.4, -0.2) is 43.7 Å². The number of likely N-dealkylation sites (N-methyl/N-ethyl adjacent to an activating group) is 1. The average molecular weight is 293 g/mol. The van der Waals surface area contributed by atoms with E-state index in [-0.39, 0.29) is 5.82 Å². The molecule has 0 amide bonds. The highest BCUT2D eigenvalue weighted by Gasteiger charge is 2.24. The molecule has 1 fully saturated rings. The Kier molecular flexibility index (Phi) is 5.59. The van der Waals surface area contributed by atoms with Crippen molar-refractivity contribution in [1.29, 1.82) is 0 Å². The molecule has 1 aliphatic rings. The fourth-order valence-corrected chi connectivity index (χ4v) is 2.84. The number of benzene rings is 1. The molecule has 4 heteroatoms. The molecule has 1 aromatic carbocycles.